The SMILES string of the molecule is COc1ccc(CC(=O)NCCN2CCN(S(=O)(=O)c3ccccc3)CC2)cc1OC. The fraction of sp³-hybridized carbons (Fsp3) is 0.409. The van der Waals surface area contributed by atoms with Crippen molar-refractivity contribution in [1.82, 2.24) is 14.5 Å². The van der Waals surface area contributed by atoms with E-state index in [1.807, 2.05) is 6.07 Å². The Bertz CT molecular complexity index is 974. The number of methoxy groups -OCH3 is 2. The van der Waals surface area contributed by atoms with Gasteiger partial charge in [0.2, 0.25) is 15.9 Å². The fourth-order valence-electron chi connectivity index (χ4n) is 3.53. The van der Waals surface area contributed by atoms with Crippen molar-refractivity contribution in [1.29, 1.82) is 0 Å². The van der Waals surface area contributed by atoms with Crippen molar-refractivity contribution in [2.24, 2.45) is 0 Å². The van der Waals surface area contributed by atoms with Gasteiger partial charge in [0.25, 0.3) is 0 Å². The normalized spacial score (nSPS) is 15.4. The third kappa shape index (κ3) is 5.96. The summed E-state index contributed by atoms with van der Waals surface area (Å²) >= 11 is 0. The fourth-order valence-corrected chi connectivity index (χ4v) is 4.97. The Morgan fingerprint density at radius 2 is 1.65 bits per heavy atom. The third-order valence-electron chi connectivity index (χ3n) is 5.28. The van der Waals surface area contributed by atoms with Gasteiger partial charge in [0, 0.05) is 39.3 Å². The van der Waals surface area contributed by atoms with Crippen LogP contribution in [0.2, 0.25) is 0 Å². The molecule has 1 N–H and O–H groups in total. The van der Waals surface area contributed by atoms with Crippen LogP contribution in [-0.2, 0) is 21.2 Å². The predicted molar refractivity (Wildman–Crippen MR) is 118 cm³/mol. The van der Waals surface area contributed by atoms with Crippen LogP contribution in [0.4, 0.5) is 0 Å². The monoisotopic (exact) mass is 447 g/mol. The van der Waals surface area contributed by atoms with Crippen LogP contribution < -0.4 is 14.8 Å². The maximum atomic E-state index is 12.7. The van der Waals surface area contributed by atoms with Crippen LogP contribution in [0.15, 0.2) is 53.4 Å². The summed E-state index contributed by atoms with van der Waals surface area (Å²) in [6.45, 7) is 3.34. The number of benzene rings is 2. The van der Waals surface area contributed by atoms with E-state index in [0.717, 1.165) is 5.56 Å². The van der Waals surface area contributed by atoms with Gasteiger partial charge in [-0.15, -0.1) is 0 Å². The summed E-state index contributed by atoms with van der Waals surface area (Å²) in [4.78, 5) is 14.7. The second-order valence-corrected chi connectivity index (χ2v) is 9.21. The Morgan fingerprint density at radius 1 is 0.968 bits per heavy atom. The number of hydrogen-bond acceptors (Lipinski definition) is 6. The van der Waals surface area contributed by atoms with E-state index in [9.17, 15) is 13.2 Å². The zero-order valence-electron chi connectivity index (χ0n) is 17.9. The van der Waals surface area contributed by atoms with Crippen molar-refractivity contribution < 1.29 is 22.7 Å². The molecule has 0 saturated carbocycles. The minimum absolute atomic E-state index is 0.0717. The lowest BCUT2D eigenvalue weighted by Crippen LogP contribution is -2.50. The second-order valence-electron chi connectivity index (χ2n) is 7.27. The van der Waals surface area contributed by atoms with Gasteiger partial charge >= 0.3 is 0 Å². The molecule has 1 amide bonds. The van der Waals surface area contributed by atoms with Crippen molar-refractivity contribution in [2.75, 3.05) is 53.5 Å². The summed E-state index contributed by atoms with van der Waals surface area (Å²) < 4.78 is 37.4. The van der Waals surface area contributed by atoms with Gasteiger partial charge in [0.05, 0.1) is 25.5 Å². The van der Waals surface area contributed by atoms with E-state index in [0.29, 0.717) is 55.7 Å². The lowest BCUT2D eigenvalue weighted by molar-refractivity contribution is -0.120. The Morgan fingerprint density at radius 3 is 2.29 bits per heavy atom. The van der Waals surface area contributed by atoms with Gasteiger partial charge in [-0.2, -0.15) is 4.31 Å². The van der Waals surface area contributed by atoms with Gasteiger partial charge in [-0.1, -0.05) is 24.3 Å². The Kier molecular flexibility index (Phi) is 7.89. The van der Waals surface area contributed by atoms with Crippen LogP contribution >= 0.6 is 0 Å². The summed E-state index contributed by atoms with van der Waals surface area (Å²) in [5, 5.41) is 2.93. The van der Waals surface area contributed by atoms with Crippen LogP contribution in [-0.4, -0.2) is 77.0 Å². The molecule has 0 aromatic heterocycles. The summed E-state index contributed by atoms with van der Waals surface area (Å²) in [7, 11) is -0.314. The number of carbonyl (C=O) groups is 1. The second kappa shape index (κ2) is 10.6. The standard InChI is InChI=1S/C22H29N3O5S/c1-29-20-9-8-18(16-21(20)30-2)17-22(26)23-10-11-24-12-14-25(15-13-24)31(27,28)19-6-4-3-5-7-19/h3-9,16H,10-15,17H2,1-2H3,(H,23,26). The van der Waals surface area contributed by atoms with Gasteiger partial charge in [0.1, 0.15) is 0 Å². The summed E-state index contributed by atoms with van der Waals surface area (Å²) in [6, 6.07) is 13.9. The minimum atomic E-state index is -3.45. The molecule has 8 nitrogen and oxygen atoms in total. The molecule has 168 valence electrons. The average Bonchev–Trinajstić information content (AvgIpc) is 2.80. The molecule has 0 spiro atoms. The quantitative estimate of drug-likeness (QED) is 0.625. The van der Waals surface area contributed by atoms with E-state index in [1.165, 1.54) is 4.31 Å². The Balaban J connectivity index is 1.41. The molecule has 9 heteroatoms. The van der Waals surface area contributed by atoms with Crippen LogP contribution in [0, 0.1) is 0 Å². The smallest absolute Gasteiger partial charge is 0.243 e. The molecule has 1 saturated heterocycles. The van der Waals surface area contributed by atoms with Crippen molar-refractivity contribution >= 4 is 15.9 Å². The number of hydrogen-bond donors (Lipinski definition) is 1. The maximum absolute atomic E-state index is 12.7. The molecule has 31 heavy (non-hydrogen) atoms. The highest BCUT2D eigenvalue weighted by molar-refractivity contribution is 7.89. The molecule has 3 rings (SSSR count). The van der Waals surface area contributed by atoms with Gasteiger partial charge in [-0.05, 0) is 29.8 Å². The van der Waals surface area contributed by atoms with Crippen LogP contribution in [0.25, 0.3) is 0 Å². The molecule has 1 aliphatic heterocycles. The Labute approximate surface area is 183 Å². The summed E-state index contributed by atoms with van der Waals surface area (Å²) in [5.41, 5.74) is 0.842. The Hall–Kier alpha value is -2.62. The highest BCUT2D eigenvalue weighted by Crippen LogP contribution is 2.27. The first kappa shape index (κ1) is 23.1. The zero-order valence-corrected chi connectivity index (χ0v) is 18.7. The number of nitrogens with zero attached hydrogens (tertiary/aromatic N) is 2. The van der Waals surface area contributed by atoms with Crippen molar-refractivity contribution in [2.45, 2.75) is 11.3 Å². The number of piperazine rings is 1. The number of rotatable bonds is 9. The van der Waals surface area contributed by atoms with Gasteiger partial charge in [0.15, 0.2) is 11.5 Å². The lowest BCUT2D eigenvalue weighted by atomic mass is 10.1. The molecular formula is C22H29N3O5S. The van der Waals surface area contributed by atoms with Gasteiger partial charge in [-0.25, -0.2) is 8.42 Å². The van der Waals surface area contributed by atoms with E-state index < -0.39 is 10.0 Å². The van der Waals surface area contributed by atoms with E-state index in [1.54, 1.807) is 56.7 Å². The van der Waals surface area contributed by atoms with Crippen LogP contribution in [0.5, 0.6) is 11.5 Å². The van der Waals surface area contributed by atoms with Crippen molar-refractivity contribution in [3.05, 3.63) is 54.1 Å². The lowest BCUT2D eigenvalue weighted by Gasteiger charge is -2.33. The topological polar surface area (TPSA) is 88.2 Å². The largest absolute Gasteiger partial charge is 0.493 e. The maximum Gasteiger partial charge on any atom is 0.243 e. The highest BCUT2D eigenvalue weighted by atomic mass is 32.2. The molecule has 0 aliphatic carbocycles. The first-order valence-electron chi connectivity index (χ1n) is 10.2. The number of carbonyl (C=O) groups excluding carboxylic acids is 1. The number of ether oxygens (including phenoxy) is 2. The predicted octanol–water partition coefficient (Wildman–Crippen LogP) is 1.37. The molecule has 1 aliphatic rings. The molecule has 1 heterocycles. The number of nitrogens with one attached hydrogen (secondary N) is 1. The van der Waals surface area contributed by atoms with Crippen LogP contribution in [0.3, 0.4) is 0 Å². The minimum Gasteiger partial charge on any atom is -0.493 e. The molecule has 2 aromatic rings. The molecule has 0 unspecified atom stereocenters. The molecule has 2 aromatic carbocycles. The first-order valence-corrected chi connectivity index (χ1v) is 11.6. The summed E-state index contributed by atoms with van der Waals surface area (Å²) in [6.07, 6.45) is 0.253. The van der Waals surface area contributed by atoms with Crippen molar-refractivity contribution in [3.63, 3.8) is 0 Å². The van der Waals surface area contributed by atoms with E-state index in [2.05, 4.69) is 10.2 Å². The van der Waals surface area contributed by atoms with Crippen molar-refractivity contribution in [3.8, 4) is 11.5 Å². The molecule has 0 radical (unpaired) electrons. The van der Waals surface area contributed by atoms with E-state index >= 15 is 0 Å². The molecule has 0 atom stereocenters. The first-order chi connectivity index (χ1) is 14.9. The molecular weight excluding hydrogens is 418 g/mol. The van der Waals surface area contributed by atoms with Gasteiger partial charge in [-0.3, -0.25) is 9.69 Å². The van der Waals surface area contributed by atoms with E-state index in [4.69, 9.17) is 9.47 Å². The number of amides is 1. The molecule has 0 bridgehead atoms. The highest BCUT2D eigenvalue weighted by Gasteiger charge is 2.28. The third-order valence-corrected chi connectivity index (χ3v) is 7.19. The zero-order chi connectivity index (χ0) is 22.3. The van der Waals surface area contributed by atoms with Gasteiger partial charge < -0.3 is 14.8 Å². The molecule has 1 fully saturated rings. The van der Waals surface area contributed by atoms with Crippen LogP contribution in [0.1, 0.15) is 5.56 Å². The average molecular weight is 448 g/mol. The van der Waals surface area contributed by atoms with E-state index in [-0.39, 0.29) is 12.3 Å². The summed E-state index contributed by atoms with van der Waals surface area (Å²) in [5.74, 6) is 1.15. The number of sulfonamides is 1.